The molecule has 0 bridgehead atoms. The largest absolute Gasteiger partial charge is 0.493 e. The summed E-state index contributed by atoms with van der Waals surface area (Å²) in [5.74, 6) is 1.08. The summed E-state index contributed by atoms with van der Waals surface area (Å²) in [7, 11) is 1.59. The van der Waals surface area contributed by atoms with Gasteiger partial charge in [0.2, 0.25) is 0 Å². The van der Waals surface area contributed by atoms with Crippen molar-refractivity contribution in [2.45, 2.75) is 19.8 Å². The van der Waals surface area contributed by atoms with Crippen molar-refractivity contribution >= 4 is 40.9 Å². The number of hydrogen-bond donors (Lipinski definition) is 1. The van der Waals surface area contributed by atoms with Crippen LogP contribution in [0, 0.1) is 0 Å². The summed E-state index contributed by atoms with van der Waals surface area (Å²) in [6.45, 7) is 2.70. The molecule has 3 aromatic rings. The fraction of sp³-hybridized carbons (Fsp3) is 0.217. The molecule has 0 aliphatic rings. The quantitative estimate of drug-likeness (QED) is 0.425. The number of thiazole rings is 1. The molecule has 7 heteroatoms. The zero-order chi connectivity index (χ0) is 21.5. The van der Waals surface area contributed by atoms with Crippen LogP contribution in [-0.4, -0.2) is 24.5 Å². The highest BCUT2D eigenvalue weighted by molar-refractivity contribution is 7.07. The first-order valence-corrected chi connectivity index (χ1v) is 10.7. The second-order valence-electron chi connectivity index (χ2n) is 6.56. The number of Topliss-reactive ketones (excluding diaryl/α,β-unsaturated/α-hetero) is 1. The zero-order valence-electron chi connectivity index (χ0n) is 16.7. The fourth-order valence-electron chi connectivity index (χ4n) is 2.71. The molecular weight excluding hydrogens is 422 g/mol. The first-order valence-electron chi connectivity index (χ1n) is 9.53. The lowest BCUT2D eigenvalue weighted by molar-refractivity contribution is 0.106. The van der Waals surface area contributed by atoms with E-state index in [4.69, 9.17) is 21.1 Å². The number of aromatic amines is 1. The minimum Gasteiger partial charge on any atom is -0.493 e. The molecule has 0 saturated carbocycles. The van der Waals surface area contributed by atoms with Gasteiger partial charge in [0.25, 0.3) is 5.56 Å². The van der Waals surface area contributed by atoms with Gasteiger partial charge in [-0.15, -0.1) is 11.3 Å². The van der Waals surface area contributed by atoms with Crippen LogP contribution in [-0.2, 0) is 0 Å². The van der Waals surface area contributed by atoms with Gasteiger partial charge in [0, 0.05) is 16.7 Å². The third kappa shape index (κ3) is 5.62. The van der Waals surface area contributed by atoms with Crippen molar-refractivity contribution in [1.82, 2.24) is 4.98 Å². The molecule has 0 spiro atoms. The topological polar surface area (TPSA) is 68.4 Å². The Labute approximate surface area is 183 Å². The predicted molar refractivity (Wildman–Crippen MR) is 121 cm³/mol. The van der Waals surface area contributed by atoms with E-state index in [1.165, 1.54) is 17.4 Å². The number of ketones is 1. The summed E-state index contributed by atoms with van der Waals surface area (Å²) in [4.78, 5) is 27.5. The van der Waals surface area contributed by atoms with Gasteiger partial charge in [-0.25, -0.2) is 0 Å². The molecule has 1 N–H and O–H groups in total. The summed E-state index contributed by atoms with van der Waals surface area (Å²) < 4.78 is 12.1. The van der Waals surface area contributed by atoms with Gasteiger partial charge in [0.05, 0.1) is 22.9 Å². The molecule has 0 aliphatic heterocycles. The lowest BCUT2D eigenvalue weighted by Crippen LogP contribution is -2.20. The highest BCUT2D eigenvalue weighted by atomic mass is 35.5. The normalized spacial score (nSPS) is 12.2. The minimum atomic E-state index is -0.251. The number of benzene rings is 2. The van der Waals surface area contributed by atoms with Crippen molar-refractivity contribution in [2.24, 2.45) is 0 Å². The van der Waals surface area contributed by atoms with E-state index in [0.29, 0.717) is 37.9 Å². The molecule has 0 fully saturated rings. The Bertz CT molecular complexity index is 1200. The standard InChI is InChI=1S/C23H22ClNO4S/c1-3-4-11-29-20-12-15(5-10-19(20)28-2)13-21-23(27)25-22(30-21)14-18(26)16-6-8-17(24)9-7-16/h5-10,12-14H,3-4,11H2,1-2H3,(H,25,27)/b21-13-,22-14-. The Morgan fingerprint density at radius 3 is 2.63 bits per heavy atom. The van der Waals surface area contributed by atoms with Gasteiger partial charge in [0.15, 0.2) is 17.3 Å². The summed E-state index contributed by atoms with van der Waals surface area (Å²) in [5.41, 5.74) is 1.06. The highest BCUT2D eigenvalue weighted by Crippen LogP contribution is 2.28. The van der Waals surface area contributed by atoms with Crippen LogP contribution in [0.15, 0.2) is 47.3 Å². The third-order valence-electron chi connectivity index (χ3n) is 4.31. The van der Waals surface area contributed by atoms with Crippen LogP contribution in [0.3, 0.4) is 0 Å². The van der Waals surface area contributed by atoms with E-state index < -0.39 is 0 Å². The van der Waals surface area contributed by atoms with Gasteiger partial charge in [0.1, 0.15) is 0 Å². The molecule has 0 atom stereocenters. The highest BCUT2D eigenvalue weighted by Gasteiger charge is 2.06. The van der Waals surface area contributed by atoms with Crippen molar-refractivity contribution in [1.29, 1.82) is 0 Å². The maximum Gasteiger partial charge on any atom is 0.266 e. The number of carbonyl (C=O) groups is 1. The Balaban J connectivity index is 1.90. The number of carbonyl (C=O) groups excluding carboxylic acids is 1. The molecule has 30 heavy (non-hydrogen) atoms. The summed E-state index contributed by atoms with van der Waals surface area (Å²) in [6.07, 6.45) is 5.16. The van der Waals surface area contributed by atoms with Gasteiger partial charge in [-0.05, 0) is 54.5 Å². The van der Waals surface area contributed by atoms with Crippen LogP contribution in [0.4, 0.5) is 0 Å². The van der Waals surface area contributed by atoms with Gasteiger partial charge in [-0.3, -0.25) is 9.59 Å². The van der Waals surface area contributed by atoms with Crippen LogP contribution in [0.25, 0.3) is 12.2 Å². The van der Waals surface area contributed by atoms with Gasteiger partial charge >= 0.3 is 0 Å². The monoisotopic (exact) mass is 443 g/mol. The van der Waals surface area contributed by atoms with Crippen LogP contribution in [0.5, 0.6) is 11.5 Å². The van der Waals surface area contributed by atoms with Crippen molar-refractivity contribution in [3.8, 4) is 11.5 Å². The number of methoxy groups -OCH3 is 1. The molecule has 3 rings (SSSR count). The molecule has 0 radical (unpaired) electrons. The first-order chi connectivity index (χ1) is 14.5. The number of H-pyrrole nitrogens is 1. The molecular formula is C23H22ClNO4S. The van der Waals surface area contributed by atoms with E-state index in [1.54, 1.807) is 37.5 Å². The molecule has 0 aliphatic carbocycles. The van der Waals surface area contributed by atoms with Crippen LogP contribution in [0.1, 0.15) is 35.7 Å². The van der Waals surface area contributed by atoms with Crippen molar-refractivity contribution in [3.05, 3.63) is 78.2 Å². The van der Waals surface area contributed by atoms with Crippen LogP contribution >= 0.6 is 22.9 Å². The van der Waals surface area contributed by atoms with Crippen LogP contribution in [0.2, 0.25) is 5.02 Å². The van der Waals surface area contributed by atoms with Gasteiger partial charge in [-0.1, -0.05) is 31.0 Å². The van der Waals surface area contributed by atoms with Gasteiger partial charge in [-0.2, -0.15) is 0 Å². The number of hydrogen-bond acceptors (Lipinski definition) is 5. The van der Waals surface area contributed by atoms with Crippen molar-refractivity contribution in [2.75, 3.05) is 13.7 Å². The smallest absolute Gasteiger partial charge is 0.266 e. The summed E-state index contributed by atoms with van der Waals surface area (Å²) in [6, 6.07) is 12.1. The van der Waals surface area contributed by atoms with E-state index >= 15 is 0 Å². The number of ether oxygens (including phenoxy) is 2. The first kappa shape index (κ1) is 21.9. The molecule has 5 nitrogen and oxygen atoms in total. The van der Waals surface area contributed by atoms with E-state index in [1.807, 2.05) is 18.2 Å². The summed E-state index contributed by atoms with van der Waals surface area (Å²) >= 11 is 7.07. The summed E-state index contributed by atoms with van der Waals surface area (Å²) in [5, 5.41) is 0.561. The van der Waals surface area contributed by atoms with E-state index in [2.05, 4.69) is 11.9 Å². The van der Waals surface area contributed by atoms with E-state index in [9.17, 15) is 9.59 Å². The predicted octanol–water partition coefficient (Wildman–Crippen LogP) is 3.77. The third-order valence-corrected chi connectivity index (χ3v) is 5.53. The van der Waals surface area contributed by atoms with Crippen molar-refractivity contribution in [3.63, 3.8) is 0 Å². The number of rotatable bonds is 8. The second kappa shape index (κ2) is 10.3. The number of halogens is 1. The average molecular weight is 444 g/mol. The number of aromatic nitrogens is 1. The van der Waals surface area contributed by atoms with Crippen molar-refractivity contribution < 1.29 is 14.3 Å². The molecule has 156 valence electrons. The fourth-order valence-corrected chi connectivity index (χ4v) is 3.73. The maximum atomic E-state index is 12.4. The molecule has 2 aromatic carbocycles. The van der Waals surface area contributed by atoms with Crippen LogP contribution < -0.4 is 24.2 Å². The molecule has 0 saturated heterocycles. The molecule has 0 unspecified atom stereocenters. The minimum absolute atomic E-state index is 0.202. The Morgan fingerprint density at radius 2 is 1.93 bits per heavy atom. The maximum absolute atomic E-state index is 12.4. The zero-order valence-corrected chi connectivity index (χ0v) is 18.3. The van der Waals surface area contributed by atoms with E-state index in [-0.39, 0.29) is 11.3 Å². The lowest BCUT2D eigenvalue weighted by atomic mass is 10.1. The van der Waals surface area contributed by atoms with E-state index in [0.717, 1.165) is 18.4 Å². The molecule has 0 amide bonds. The average Bonchev–Trinajstić information content (AvgIpc) is 3.07. The Morgan fingerprint density at radius 1 is 1.17 bits per heavy atom. The number of nitrogens with one attached hydrogen (secondary N) is 1. The Kier molecular flexibility index (Phi) is 7.49. The second-order valence-corrected chi connectivity index (χ2v) is 8.08. The van der Waals surface area contributed by atoms with Gasteiger partial charge < -0.3 is 14.5 Å². The Hall–Kier alpha value is -2.83. The number of unbranched alkanes of at least 4 members (excludes halogenated alkanes) is 1. The SMILES string of the molecule is CCCCOc1cc(/C=c2\s/c(=C\C(=O)c3ccc(Cl)cc3)[nH]c2=O)ccc1OC. The lowest BCUT2D eigenvalue weighted by Gasteiger charge is -2.10. The molecule has 1 aromatic heterocycles. The molecule has 1 heterocycles.